The second-order valence-corrected chi connectivity index (χ2v) is 6.88. The summed E-state index contributed by atoms with van der Waals surface area (Å²) in [7, 11) is 4.46. The molecule has 4 heteroatoms. The summed E-state index contributed by atoms with van der Waals surface area (Å²) in [6.45, 7) is 12.4. The van der Waals surface area contributed by atoms with Crippen molar-refractivity contribution in [1.29, 1.82) is 0 Å². The van der Waals surface area contributed by atoms with Crippen LogP contribution in [0.3, 0.4) is 0 Å². The number of piperazine rings is 1. The summed E-state index contributed by atoms with van der Waals surface area (Å²) < 4.78 is 0. The normalized spacial score (nSPS) is 25.9. The van der Waals surface area contributed by atoms with Crippen LogP contribution in [0.5, 0.6) is 0 Å². The Kier molecular flexibility index (Phi) is 6.75. The maximum Gasteiger partial charge on any atom is 0.0110 e. The Morgan fingerprint density at radius 1 is 0.950 bits per heavy atom. The fourth-order valence-electron chi connectivity index (χ4n) is 3.40. The van der Waals surface area contributed by atoms with Crippen molar-refractivity contribution in [1.82, 2.24) is 20.0 Å². The lowest BCUT2D eigenvalue weighted by molar-refractivity contribution is 0.150. The molecule has 0 radical (unpaired) electrons. The van der Waals surface area contributed by atoms with Crippen LogP contribution >= 0.6 is 0 Å². The number of hydrogen-bond acceptors (Lipinski definition) is 4. The number of piperidine rings is 1. The molecular formula is C16H34N4. The lowest BCUT2D eigenvalue weighted by Crippen LogP contribution is -2.45. The van der Waals surface area contributed by atoms with E-state index in [4.69, 9.17) is 0 Å². The molecule has 2 saturated heterocycles. The minimum Gasteiger partial charge on any atom is -0.314 e. The van der Waals surface area contributed by atoms with Crippen LogP contribution in [-0.2, 0) is 0 Å². The third-order valence-electron chi connectivity index (χ3n) is 5.18. The molecule has 0 aromatic carbocycles. The summed E-state index contributed by atoms with van der Waals surface area (Å²) in [6, 6.07) is 0.691. The third kappa shape index (κ3) is 5.32. The number of hydrogen-bond donors (Lipinski definition) is 1. The highest BCUT2D eigenvalue weighted by Gasteiger charge is 2.21. The molecule has 0 aliphatic carbocycles. The molecule has 2 heterocycles. The van der Waals surface area contributed by atoms with E-state index >= 15 is 0 Å². The SMILES string of the molecule is CC(NCCCN1CCN(C)CC1)C1CCN(C)CC1. The van der Waals surface area contributed by atoms with Gasteiger partial charge in [-0.05, 0) is 72.4 Å². The first-order chi connectivity index (χ1) is 9.65. The fraction of sp³-hybridized carbons (Fsp3) is 1.00. The van der Waals surface area contributed by atoms with Gasteiger partial charge in [0.05, 0.1) is 0 Å². The Hall–Kier alpha value is -0.160. The number of nitrogens with zero attached hydrogens (tertiary/aromatic N) is 3. The fourth-order valence-corrected chi connectivity index (χ4v) is 3.40. The molecule has 0 saturated carbocycles. The van der Waals surface area contributed by atoms with Gasteiger partial charge in [-0.3, -0.25) is 0 Å². The molecule has 0 bridgehead atoms. The van der Waals surface area contributed by atoms with Crippen molar-refractivity contribution in [2.45, 2.75) is 32.2 Å². The molecule has 4 nitrogen and oxygen atoms in total. The van der Waals surface area contributed by atoms with Gasteiger partial charge in [0.25, 0.3) is 0 Å². The Morgan fingerprint density at radius 2 is 1.55 bits per heavy atom. The first-order valence-electron chi connectivity index (χ1n) is 8.48. The molecule has 0 aromatic heterocycles. The van der Waals surface area contributed by atoms with Crippen LogP contribution in [0.4, 0.5) is 0 Å². The van der Waals surface area contributed by atoms with E-state index in [1.54, 1.807) is 0 Å². The second-order valence-electron chi connectivity index (χ2n) is 6.88. The van der Waals surface area contributed by atoms with Gasteiger partial charge < -0.3 is 20.0 Å². The molecule has 2 aliphatic heterocycles. The predicted octanol–water partition coefficient (Wildman–Crippen LogP) is 0.944. The van der Waals surface area contributed by atoms with Crippen molar-refractivity contribution >= 4 is 0 Å². The minimum absolute atomic E-state index is 0.691. The Bertz CT molecular complexity index is 255. The third-order valence-corrected chi connectivity index (χ3v) is 5.18. The first-order valence-corrected chi connectivity index (χ1v) is 8.48. The molecule has 1 N–H and O–H groups in total. The number of nitrogens with one attached hydrogen (secondary N) is 1. The van der Waals surface area contributed by atoms with Crippen LogP contribution < -0.4 is 5.32 Å². The van der Waals surface area contributed by atoms with Crippen LogP contribution in [0.25, 0.3) is 0 Å². The van der Waals surface area contributed by atoms with Gasteiger partial charge >= 0.3 is 0 Å². The van der Waals surface area contributed by atoms with Gasteiger partial charge in [-0.2, -0.15) is 0 Å². The lowest BCUT2D eigenvalue weighted by atomic mass is 9.90. The molecular weight excluding hydrogens is 248 g/mol. The molecule has 2 rings (SSSR count). The summed E-state index contributed by atoms with van der Waals surface area (Å²) >= 11 is 0. The van der Waals surface area contributed by atoms with E-state index in [0.717, 1.165) is 5.92 Å². The molecule has 1 atom stereocenters. The van der Waals surface area contributed by atoms with Crippen LogP contribution in [0, 0.1) is 5.92 Å². The molecule has 0 spiro atoms. The number of likely N-dealkylation sites (N-methyl/N-ethyl adjacent to an activating group) is 1. The quantitative estimate of drug-likeness (QED) is 0.732. The van der Waals surface area contributed by atoms with Gasteiger partial charge in [0, 0.05) is 32.2 Å². The molecule has 118 valence electrons. The summed E-state index contributed by atoms with van der Waals surface area (Å²) in [6.07, 6.45) is 4.02. The van der Waals surface area contributed by atoms with Gasteiger partial charge in [0.1, 0.15) is 0 Å². The van der Waals surface area contributed by atoms with E-state index < -0.39 is 0 Å². The zero-order valence-electron chi connectivity index (χ0n) is 13.8. The van der Waals surface area contributed by atoms with E-state index in [1.165, 1.54) is 71.6 Å². The van der Waals surface area contributed by atoms with Crippen molar-refractivity contribution < 1.29 is 0 Å². The zero-order valence-corrected chi connectivity index (χ0v) is 13.8. The number of likely N-dealkylation sites (tertiary alicyclic amines) is 1. The van der Waals surface area contributed by atoms with Crippen molar-refractivity contribution in [3.05, 3.63) is 0 Å². The van der Waals surface area contributed by atoms with Crippen LogP contribution in [0.15, 0.2) is 0 Å². The van der Waals surface area contributed by atoms with Crippen LogP contribution in [-0.4, -0.2) is 87.2 Å². The van der Waals surface area contributed by atoms with Gasteiger partial charge in [-0.25, -0.2) is 0 Å². The molecule has 20 heavy (non-hydrogen) atoms. The topological polar surface area (TPSA) is 21.8 Å². The van der Waals surface area contributed by atoms with Gasteiger partial charge in [0.2, 0.25) is 0 Å². The van der Waals surface area contributed by atoms with E-state index in [1.807, 2.05) is 0 Å². The predicted molar refractivity (Wildman–Crippen MR) is 86.2 cm³/mol. The van der Waals surface area contributed by atoms with Gasteiger partial charge in [0.15, 0.2) is 0 Å². The van der Waals surface area contributed by atoms with E-state index in [9.17, 15) is 0 Å². The monoisotopic (exact) mass is 282 g/mol. The summed E-state index contributed by atoms with van der Waals surface area (Å²) in [5.41, 5.74) is 0. The second kappa shape index (κ2) is 8.32. The van der Waals surface area contributed by atoms with E-state index in [-0.39, 0.29) is 0 Å². The van der Waals surface area contributed by atoms with E-state index in [0.29, 0.717) is 6.04 Å². The minimum atomic E-state index is 0.691. The highest BCUT2D eigenvalue weighted by atomic mass is 15.2. The molecule has 1 unspecified atom stereocenters. The highest BCUT2D eigenvalue weighted by Crippen LogP contribution is 2.19. The maximum atomic E-state index is 3.76. The Labute approximate surface area is 125 Å². The van der Waals surface area contributed by atoms with Crippen molar-refractivity contribution in [3.63, 3.8) is 0 Å². The smallest absolute Gasteiger partial charge is 0.0110 e. The Morgan fingerprint density at radius 3 is 2.20 bits per heavy atom. The van der Waals surface area contributed by atoms with Gasteiger partial charge in [-0.1, -0.05) is 0 Å². The molecule has 2 aliphatic rings. The summed E-state index contributed by atoms with van der Waals surface area (Å²) in [4.78, 5) is 7.50. The average Bonchev–Trinajstić information content (AvgIpc) is 2.46. The van der Waals surface area contributed by atoms with Crippen molar-refractivity contribution in [2.75, 3.05) is 66.5 Å². The van der Waals surface area contributed by atoms with Gasteiger partial charge in [-0.15, -0.1) is 0 Å². The standard InChI is InChI=1S/C16H34N4/c1-15(16-5-9-18(2)10-6-16)17-7-4-8-20-13-11-19(3)12-14-20/h15-17H,4-14H2,1-3H3. The molecule has 2 fully saturated rings. The molecule has 0 amide bonds. The largest absolute Gasteiger partial charge is 0.314 e. The zero-order chi connectivity index (χ0) is 14.4. The average molecular weight is 282 g/mol. The lowest BCUT2D eigenvalue weighted by Gasteiger charge is -2.34. The summed E-state index contributed by atoms with van der Waals surface area (Å²) in [5, 5.41) is 3.76. The maximum absolute atomic E-state index is 3.76. The Balaban J connectivity index is 1.52. The first kappa shape index (κ1) is 16.2. The van der Waals surface area contributed by atoms with E-state index in [2.05, 4.69) is 41.0 Å². The molecule has 0 aromatic rings. The summed E-state index contributed by atoms with van der Waals surface area (Å²) in [5.74, 6) is 0.884. The van der Waals surface area contributed by atoms with Crippen molar-refractivity contribution in [3.8, 4) is 0 Å². The number of rotatable bonds is 6. The van der Waals surface area contributed by atoms with Crippen LogP contribution in [0.2, 0.25) is 0 Å². The highest BCUT2D eigenvalue weighted by molar-refractivity contribution is 4.78. The van der Waals surface area contributed by atoms with Crippen LogP contribution in [0.1, 0.15) is 26.2 Å². The van der Waals surface area contributed by atoms with Crippen molar-refractivity contribution in [2.24, 2.45) is 5.92 Å².